The van der Waals surface area contributed by atoms with Gasteiger partial charge in [0.25, 0.3) is 5.69 Å². The van der Waals surface area contributed by atoms with Crippen molar-refractivity contribution >= 4 is 33.9 Å². The summed E-state index contributed by atoms with van der Waals surface area (Å²) in [5.41, 5.74) is 6.59. The minimum atomic E-state index is -0.760. The number of hydrogen-bond acceptors (Lipinski definition) is 5. The number of anilines is 2. The van der Waals surface area contributed by atoms with Gasteiger partial charge < -0.3 is 5.73 Å². The molecule has 0 bridgehead atoms. The Balaban J connectivity index is 2.01. The molecule has 0 fully saturated rings. The lowest BCUT2D eigenvalue weighted by atomic mass is 10.2. The fraction of sp³-hybridized carbons (Fsp3) is 0. The molecule has 2 N–H and O–H groups in total. The van der Waals surface area contributed by atoms with Crippen LogP contribution in [-0.4, -0.2) is 15.9 Å². The molecule has 1 heterocycles. The standard InChI is InChI=1S/C16H12N4O3S/c17-15(21)19(12-7-4-8-13(9-12)20(22)23)16-18-10-14(24-16)11-5-2-1-3-6-11/h1-10H,(H2,17,21). The summed E-state index contributed by atoms with van der Waals surface area (Å²) >= 11 is 1.28. The topological polar surface area (TPSA) is 102 Å². The van der Waals surface area contributed by atoms with Gasteiger partial charge in [0.2, 0.25) is 0 Å². The van der Waals surface area contributed by atoms with E-state index in [-0.39, 0.29) is 5.69 Å². The van der Waals surface area contributed by atoms with Crippen LogP contribution in [0.2, 0.25) is 0 Å². The molecule has 120 valence electrons. The molecule has 2 aromatic carbocycles. The molecular formula is C16H12N4O3S. The summed E-state index contributed by atoms with van der Waals surface area (Å²) in [7, 11) is 0. The first-order chi connectivity index (χ1) is 11.6. The Morgan fingerprint density at radius 3 is 2.58 bits per heavy atom. The molecule has 8 heteroatoms. The highest BCUT2D eigenvalue weighted by molar-refractivity contribution is 7.19. The number of carbonyl (C=O) groups is 1. The quantitative estimate of drug-likeness (QED) is 0.574. The number of urea groups is 1. The molecule has 0 radical (unpaired) electrons. The van der Waals surface area contributed by atoms with Crippen molar-refractivity contribution in [2.75, 3.05) is 4.90 Å². The van der Waals surface area contributed by atoms with Gasteiger partial charge in [0.15, 0.2) is 5.13 Å². The highest BCUT2D eigenvalue weighted by atomic mass is 32.1. The molecule has 0 unspecified atom stereocenters. The highest BCUT2D eigenvalue weighted by Crippen LogP contribution is 2.35. The molecule has 0 saturated carbocycles. The maximum Gasteiger partial charge on any atom is 0.325 e. The number of nitrogens with zero attached hydrogens (tertiary/aromatic N) is 3. The van der Waals surface area contributed by atoms with Crippen molar-refractivity contribution in [3.8, 4) is 10.4 Å². The van der Waals surface area contributed by atoms with Crippen LogP contribution in [0, 0.1) is 10.1 Å². The number of benzene rings is 2. The summed E-state index contributed by atoms with van der Waals surface area (Å²) in [6, 6.07) is 14.5. The predicted octanol–water partition coefficient (Wildman–Crippen LogP) is 3.94. The Kier molecular flexibility index (Phi) is 4.21. The first-order valence-electron chi connectivity index (χ1n) is 6.91. The van der Waals surface area contributed by atoms with Gasteiger partial charge in [-0.3, -0.25) is 10.1 Å². The van der Waals surface area contributed by atoms with Crippen LogP contribution in [-0.2, 0) is 0 Å². The Hall–Kier alpha value is -3.26. The minimum Gasteiger partial charge on any atom is -0.351 e. The molecule has 3 rings (SSSR count). The number of thiazole rings is 1. The number of primary amides is 1. The molecule has 1 aromatic heterocycles. The van der Waals surface area contributed by atoms with Crippen LogP contribution in [0.1, 0.15) is 0 Å². The molecule has 0 aliphatic heterocycles. The third-order valence-corrected chi connectivity index (χ3v) is 4.29. The Bertz CT molecular complexity index is 895. The monoisotopic (exact) mass is 340 g/mol. The van der Waals surface area contributed by atoms with E-state index in [1.807, 2.05) is 30.3 Å². The predicted molar refractivity (Wildman–Crippen MR) is 92.4 cm³/mol. The van der Waals surface area contributed by atoms with Gasteiger partial charge in [-0.1, -0.05) is 47.7 Å². The van der Waals surface area contributed by atoms with Crippen molar-refractivity contribution in [3.05, 3.63) is 70.9 Å². The zero-order valence-corrected chi connectivity index (χ0v) is 13.1. The van der Waals surface area contributed by atoms with Gasteiger partial charge in [-0.2, -0.15) is 0 Å². The number of nitro groups is 1. The first kappa shape index (κ1) is 15.6. The summed E-state index contributed by atoms with van der Waals surface area (Å²) < 4.78 is 0. The van der Waals surface area contributed by atoms with E-state index in [1.54, 1.807) is 12.3 Å². The second-order valence-electron chi connectivity index (χ2n) is 4.82. The third-order valence-electron chi connectivity index (χ3n) is 3.26. The van der Waals surface area contributed by atoms with Crippen LogP contribution >= 0.6 is 11.3 Å². The van der Waals surface area contributed by atoms with Crippen LogP contribution in [0.15, 0.2) is 60.8 Å². The molecule has 24 heavy (non-hydrogen) atoms. The summed E-state index contributed by atoms with van der Waals surface area (Å²) in [5, 5.41) is 11.3. The molecule has 0 atom stereocenters. The average Bonchev–Trinajstić information content (AvgIpc) is 3.05. The number of non-ortho nitro benzene ring substituents is 1. The maximum atomic E-state index is 11.9. The number of nitro benzene ring substituents is 1. The zero-order chi connectivity index (χ0) is 17.1. The highest BCUT2D eigenvalue weighted by Gasteiger charge is 2.21. The molecular weight excluding hydrogens is 328 g/mol. The normalized spacial score (nSPS) is 10.3. The van der Waals surface area contributed by atoms with Gasteiger partial charge in [0, 0.05) is 18.3 Å². The van der Waals surface area contributed by atoms with Crippen molar-refractivity contribution in [3.63, 3.8) is 0 Å². The van der Waals surface area contributed by atoms with Crippen molar-refractivity contribution in [2.24, 2.45) is 5.73 Å². The van der Waals surface area contributed by atoms with E-state index in [2.05, 4.69) is 4.98 Å². The fourth-order valence-electron chi connectivity index (χ4n) is 2.18. The summed E-state index contributed by atoms with van der Waals surface area (Å²) in [5.74, 6) is 0. The lowest BCUT2D eigenvalue weighted by molar-refractivity contribution is -0.384. The summed E-state index contributed by atoms with van der Waals surface area (Å²) in [4.78, 5) is 28.5. The van der Waals surface area contributed by atoms with Gasteiger partial charge in [-0.25, -0.2) is 14.7 Å². The number of amides is 2. The molecule has 0 aliphatic rings. The van der Waals surface area contributed by atoms with Crippen LogP contribution in [0.4, 0.5) is 21.3 Å². The lowest BCUT2D eigenvalue weighted by Crippen LogP contribution is -2.31. The molecule has 2 amide bonds. The van der Waals surface area contributed by atoms with Crippen molar-refractivity contribution in [1.29, 1.82) is 0 Å². The zero-order valence-electron chi connectivity index (χ0n) is 12.3. The molecule has 3 aromatic rings. The van der Waals surface area contributed by atoms with E-state index in [0.717, 1.165) is 15.3 Å². The number of carbonyl (C=O) groups excluding carboxylic acids is 1. The second kappa shape index (κ2) is 6.47. The fourth-order valence-corrected chi connectivity index (χ4v) is 3.13. The van der Waals surface area contributed by atoms with Crippen LogP contribution in [0.25, 0.3) is 10.4 Å². The smallest absolute Gasteiger partial charge is 0.325 e. The van der Waals surface area contributed by atoms with Gasteiger partial charge in [0.1, 0.15) is 0 Å². The number of nitrogens with two attached hydrogens (primary N) is 1. The van der Waals surface area contributed by atoms with Crippen LogP contribution in [0.5, 0.6) is 0 Å². The van der Waals surface area contributed by atoms with E-state index < -0.39 is 11.0 Å². The maximum absolute atomic E-state index is 11.9. The van der Waals surface area contributed by atoms with Crippen molar-refractivity contribution in [1.82, 2.24) is 4.98 Å². The Labute approximate surface area is 141 Å². The summed E-state index contributed by atoms with van der Waals surface area (Å²) in [6.07, 6.45) is 1.64. The number of rotatable bonds is 4. The summed E-state index contributed by atoms with van der Waals surface area (Å²) in [6.45, 7) is 0. The van der Waals surface area contributed by atoms with E-state index >= 15 is 0 Å². The van der Waals surface area contributed by atoms with Gasteiger partial charge in [-0.05, 0) is 11.6 Å². The van der Waals surface area contributed by atoms with Gasteiger partial charge in [-0.15, -0.1) is 0 Å². The molecule has 0 spiro atoms. The Morgan fingerprint density at radius 2 is 1.92 bits per heavy atom. The van der Waals surface area contributed by atoms with E-state index in [4.69, 9.17) is 5.73 Å². The number of aromatic nitrogens is 1. The molecule has 0 aliphatic carbocycles. The molecule has 7 nitrogen and oxygen atoms in total. The van der Waals surface area contributed by atoms with Gasteiger partial charge in [0.05, 0.1) is 15.5 Å². The SMILES string of the molecule is NC(=O)N(c1cccc([N+](=O)[O-])c1)c1ncc(-c2ccccc2)s1. The average molecular weight is 340 g/mol. The van der Waals surface area contributed by atoms with E-state index in [1.165, 1.54) is 29.5 Å². The van der Waals surface area contributed by atoms with Crippen molar-refractivity contribution < 1.29 is 9.72 Å². The van der Waals surface area contributed by atoms with Crippen LogP contribution < -0.4 is 10.6 Å². The molecule has 0 saturated heterocycles. The lowest BCUT2D eigenvalue weighted by Gasteiger charge is -2.16. The van der Waals surface area contributed by atoms with Gasteiger partial charge >= 0.3 is 6.03 Å². The minimum absolute atomic E-state index is 0.126. The van der Waals surface area contributed by atoms with E-state index in [9.17, 15) is 14.9 Å². The number of hydrogen-bond donors (Lipinski definition) is 1. The first-order valence-corrected chi connectivity index (χ1v) is 7.73. The largest absolute Gasteiger partial charge is 0.351 e. The van der Waals surface area contributed by atoms with Crippen LogP contribution in [0.3, 0.4) is 0 Å². The Morgan fingerprint density at radius 1 is 1.17 bits per heavy atom. The van der Waals surface area contributed by atoms with E-state index in [0.29, 0.717) is 10.8 Å². The second-order valence-corrected chi connectivity index (χ2v) is 5.83. The van der Waals surface area contributed by atoms with Crippen molar-refractivity contribution in [2.45, 2.75) is 0 Å². The third kappa shape index (κ3) is 3.08.